The first-order valence-electron chi connectivity index (χ1n) is 8.69. The summed E-state index contributed by atoms with van der Waals surface area (Å²) in [5.74, 6) is -0.998. The quantitative estimate of drug-likeness (QED) is 0.455. The van der Waals surface area contributed by atoms with Gasteiger partial charge in [0.25, 0.3) is 0 Å². The van der Waals surface area contributed by atoms with Crippen molar-refractivity contribution in [1.29, 1.82) is 0 Å². The van der Waals surface area contributed by atoms with Crippen LogP contribution in [0.5, 0.6) is 0 Å². The Morgan fingerprint density at radius 1 is 1.14 bits per heavy atom. The van der Waals surface area contributed by atoms with Gasteiger partial charge in [-0.05, 0) is 31.2 Å². The zero-order chi connectivity index (χ0) is 20.8. The number of para-hydroxylation sites is 1. The number of halogens is 3. The van der Waals surface area contributed by atoms with Crippen LogP contribution in [-0.2, 0) is 12.7 Å². The summed E-state index contributed by atoms with van der Waals surface area (Å²) in [7, 11) is 0. The average molecular weight is 416 g/mol. The van der Waals surface area contributed by atoms with Crippen molar-refractivity contribution < 1.29 is 23.1 Å². The molecule has 8 heteroatoms. The molecule has 0 unspecified atom stereocenters. The molecule has 0 spiro atoms. The van der Waals surface area contributed by atoms with E-state index in [0.717, 1.165) is 28.1 Å². The van der Waals surface area contributed by atoms with Crippen molar-refractivity contribution in [3.63, 3.8) is 0 Å². The highest BCUT2D eigenvalue weighted by Gasteiger charge is 2.30. The fourth-order valence-corrected chi connectivity index (χ4v) is 4.29. The van der Waals surface area contributed by atoms with Gasteiger partial charge in [0, 0.05) is 22.0 Å². The summed E-state index contributed by atoms with van der Waals surface area (Å²) in [6.45, 7) is 2.27. The normalized spacial score (nSPS) is 11.9. The summed E-state index contributed by atoms with van der Waals surface area (Å²) in [6.07, 6.45) is -2.55. The van der Waals surface area contributed by atoms with Gasteiger partial charge in [0.1, 0.15) is 5.01 Å². The van der Waals surface area contributed by atoms with E-state index in [-0.39, 0.29) is 5.56 Å². The number of aromatic nitrogens is 2. The third-order valence-corrected chi connectivity index (χ3v) is 5.88. The minimum absolute atomic E-state index is 0.220. The second-order valence-electron chi connectivity index (χ2n) is 6.59. The van der Waals surface area contributed by atoms with Crippen molar-refractivity contribution in [3.05, 3.63) is 76.4 Å². The van der Waals surface area contributed by atoms with Gasteiger partial charge in [0.15, 0.2) is 0 Å². The van der Waals surface area contributed by atoms with E-state index >= 15 is 0 Å². The van der Waals surface area contributed by atoms with Crippen molar-refractivity contribution in [1.82, 2.24) is 9.55 Å². The smallest absolute Gasteiger partial charge is 0.416 e. The Hall–Kier alpha value is -3.13. The molecule has 0 saturated carbocycles. The summed E-state index contributed by atoms with van der Waals surface area (Å²) < 4.78 is 40.1. The van der Waals surface area contributed by atoms with E-state index in [1.807, 2.05) is 29.8 Å². The number of carbonyl (C=O) groups is 1. The van der Waals surface area contributed by atoms with E-state index in [4.69, 9.17) is 0 Å². The van der Waals surface area contributed by atoms with Crippen molar-refractivity contribution in [2.45, 2.75) is 19.6 Å². The number of rotatable bonds is 4. The maximum atomic E-state index is 12.8. The van der Waals surface area contributed by atoms with Gasteiger partial charge in [-0.1, -0.05) is 24.3 Å². The number of carboxylic acids is 1. The molecule has 2 heterocycles. The number of fused-ring (bicyclic) bond motifs is 1. The molecule has 0 aliphatic carbocycles. The summed E-state index contributed by atoms with van der Waals surface area (Å²) >= 11 is 1.39. The van der Waals surface area contributed by atoms with Crippen LogP contribution < -0.4 is 0 Å². The summed E-state index contributed by atoms with van der Waals surface area (Å²) in [5, 5.41) is 10.9. The monoisotopic (exact) mass is 416 g/mol. The van der Waals surface area contributed by atoms with Gasteiger partial charge in [-0.2, -0.15) is 13.2 Å². The lowest BCUT2D eigenvalue weighted by Crippen LogP contribution is -2.04. The largest absolute Gasteiger partial charge is 0.478 e. The molecule has 4 rings (SSSR count). The van der Waals surface area contributed by atoms with Crippen LogP contribution in [-0.4, -0.2) is 20.6 Å². The third-order valence-electron chi connectivity index (χ3n) is 4.68. The average Bonchev–Trinajstić information content (AvgIpc) is 3.25. The van der Waals surface area contributed by atoms with Crippen LogP contribution in [0.3, 0.4) is 0 Å². The fraction of sp³-hybridized carbons (Fsp3) is 0.143. The van der Waals surface area contributed by atoms with Crippen molar-refractivity contribution in [3.8, 4) is 10.6 Å². The van der Waals surface area contributed by atoms with E-state index in [1.54, 1.807) is 12.1 Å². The first-order chi connectivity index (χ1) is 13.7. The van der Waals surface area contributed by atoms with E-state index in [9.17, 15) is 23.1 Å². The molecule has 0 amide bonds. The van der Waals surface area contributed by atoms with Crippen molar-refractivity contribution in [2.75, 3.05) is 0 Å². The lowest BCUT2D eigenvalue weighted by molar-refractivity contribution is -0.137. The minimum atomic E-state index is -4.38. The number of thiazole rings is 1. The van der Waals surface area contributed by atoms with Crippen LogP contribution in [0.15, 0.2) is 54.7 Å². The Labute approximate surface area is 167 Å². The van der Waals surface area contributed by atoms with E-state index in [0.29, 0.717) is 22.6 Å². The molecule has 4 aromatic rings. The number of benzene rings is 2. The van der Waals surface area contributed by atoms with E-state index < -0.39 is 17.7 Å². The predicted octanol–water partition coefficient (Wildman–Crippen LogP) is 5.84. The number of alkyl halides is 3. The van der Waals surface area contributed by atoms with Crippen LogP contribution >= 0.6 is 11.3 Å². The summed E-state index contributed by atoms with van der Waals surface area (Å²) in [5.41, 5.74) is 1.52. The molecule has 0 bridgehead atoms. The van der Waals surface area contributed by atoms with Crippen LogP contribution in [0.1, 0.15) is 26.5 Å². The molecular formula is C21H15F3N2O2S. The molecule has 4 nitrogen and oxygen atoms in total. The number of aromatic carboxylic acids is 1. The second kappa shape index (κ2) is 7.04. The molecular weight excluding hydrogens is 401 g/mol. The highest BCUT2D eigenvalue weighted by Crippen LogP contribution is 2.33. The SMILES string of the molecule is Cc1nc(-c2ccc(C(F)(F)F)cc2)sc1Cn1ccc2cccc(C(=O)O)c21. The number of carboxylic acid groups (broad SMARTS) is 1. The van der Waals surface area contributed by atoms with E-state index in [1.165, 1.54) is 23.5 Å². The van der Waals surface area contributed by atoms with Crippen molar-refractivity contribution >= 4 is 28.2 Å². The summed E-state index contributed by atoms with van der Waals surface area (Å²) in [6, 6.07) is 11.9. The Morgan fingerprint density at radius 2 is 1.86 bits per heavy atom. The second-order valence-corrected chi connectivity index (χ2v) is 7.68. The molecule has 2 aromatic heterocycles. The predicted molar refractivity (Wildman–Crippen MR) is 105 cm³/mol. The Morgan fingerprint density at radius 3 is 2.52 bits per heavy atom. The molecule has 0 saturated heterocycles. The van der Waals surface area contributed by atoms with Crippen molar-refractivity contribution in [2.24, 2.45) is 0 Å². The van der Waals surface area contributed by atoms with Crippen LogP contribution in [0, 0.1) is 6.92 Å². The molecule has 0 radical (unpaired) electrons. The van der Waals surface area contributed by atoms with Crippen LogP contribution in [0.4, 0.5) is 13.2 Å². The lowest BCUT2D eigenvalue weighted by Gasteiger charge is -2.07. The van der Waals surface area contributed by atoms with Gasteiger partial charge in [-0.3, -0.25) is 0 Å². The van der Waals surface area contributed by atoms with Crippen LogP contribution in [0.25, 0.3) is 21.5 Å². The zero-order valence-electron chi connectivity index (χ0n) is 15.2. The van der Waals surface area contributed by atoms with Gasteiger partial charge in [-0.15, -0.1) is 11.3 Å². The third kappa shape index (κ3) is 3.63. The Bertz CT molecular complexity index is 1210. The maximum Gasteiger partial charge on any atom is 0.416 e. The van der Waals surface area contributed by atoms with Gasteiger partial charge < -0.3 is 9.67 Å². The topological polar surface area (TPSA) is 55.1 Å². The highest BCUT2D eigenvalue weighted by atomic mass is 32.1. The molecule has 0 atom stereocenters. The molecule has 29 heavy (non-hydrogen) atoms. The van der Waals surface area contributed by atoms with Gasteiger partial charge in [0.05, 0.1) is 28.9 Å². The Kier molecular flexibility index (Phi) is 4.66. The van der Waals surface area contributed by atoms with Crippen LogP contribution in [0.2, 0.25) is 0 Å². The molecule has 0 aliphatic heterocycles. The van der Waals surface area contributed by atoms with Gasteiger partial charge >= 0.3 is 12.1 Å². The van der Waals surface area contributed by atoms with E-state index in [2.05, 4.69) is 4.98 Å². The lowest BCUT2D eigenvalue weighted by atomic mass is 10.1. The molecule has 2 aromatic carbocycles. The zero-order valence-corrected chi connectivity index (χ0v) is 16.0. The first kappa shape index (κ1) is 19.2. The fourth-order valence-electron chi connectivity index (χ4n) is 3.22. The first-order valence-corrected chi connectivity index (χ1v) is 9.51. The minimum Gasteiger partial charge on any atom is -0.478 e. The standard InChI is InChI=1S/C21H15F3N2O2S/c1-12-17(11-26-10-9-13-3-2-4-16(18(13)26)20(27)28)29-19(25-12)14-5-7-15(8-6-14)21(22,23)24/h2-10H,11H2,1H3,(H,27,28). The highest BCUT2D eigenvalue weighted by molar-refractivity contribution is 7.15. The number of hydrogen-bond acceptors (Lipinski definition) is 3. The Balaban J connectivity index is 1.68. The number of nitrogens with zero attached hydrogens (tertiary/aromatic N) is 2. The molecule has 148 valence electrons. The molecule has 0 aliphatic rings. The summed E-state index contributed by atoms with van der Waals surface area (Å²) in [4.78, 5) is 17.0. The molecule has 1 N–H and O–H groups in total. The number of aryl methyl sites for hydroxylation is 1. The maximum absolute atomic E-state index is 12.8. The van der Waals surface area contributed by atoms with Gasteiger partial charge in [-0.25, -0.2) is 9.78 Å². The number of hydrogen-bond donors (Lipinski definition) is 1. The molecule has 0 fully saturated rings. The van der Waals surface area contributed by atoms with Gasteiger partial charge in [0.2, 0.25) is 0 Å².